The summed E-state index contributed by atoms with van der Waals surface area (Å²) >= 11 is 0. The van der Waals surface area contributed by atoms with Crippen LogP contribution >= 0.6 is 0 Å². The first-order chi connectivity index (χ1) is 11.3. The predicted molar refractivity (Wildman–Crippen MR) is 93.1 cm³/mol. The summed E-state index contributed by atoms with van der Waals surface area (Å²) in [4.78, 5) is 11.8. The molecular weight excluding hydrogens is 284 g/mol. The van der Waals surface area contributed by atoms with Crippen LogP contribution in [0.1, 0.15) is 56.1 Å². The predicted octanol–water partition coefficient (Wildman–Crippen LogP) is 5.71. The molecule has 120 valence electrons. The fourth-order valence-electron chi connectivity index (χ4n) is 3.53. The standard InChI is InChI=1S/C21H24O2/c1-2-3-4-5-10-16(15-22)21-17-11-6-8-13-19(17)23-20-14-9-7-12-18(20)21/h6-9,11-16,21H,2-5,10H2,1H3. The highest BCUT2D eigenvalue weighted by Gasteiger charge is 2.32. The summed E-state index contributed by atoms with van der Waals surface area (Å²) in [6.45, 7) is 2.21. The van der Waals surface area contributed by atoms with Crippen molar-refractivity contribution in [3.63, 3.8) is 0 Å². The minimum atomic E-state index is 0.0121. The van der Waals surface area contributed by atoms with Crippen molar-refractivity contribution in [1.82, 2.24) is 0 Å². The molecule has 1 atom stereocenters. The van der Waals surface area contributed by atoms with Gasteiger partial charge in [-0.05, 0) is 18.6 Å². The van der Waals surface area contributed by atoms with Gasteiger partial charge in [0, 0.05) is 23.0 Å². The molecule has 23 heavy (non-hydrogen) atoms. The normalized spacial score (nSPS) is 14.5. The first-order valence-electron chi connectivity index (χ1n) is 8.66. The molecule has 0 spiro atoms. The van der Waals surface area contributed by atoms with Gasteiger partial charge in [0.05, 0.1) is 0 Å². The van der Waals surface area contributed by atoms with Crippen LogP contribution in [0.5, 0.6) is 11.5 Å². The highest BCUT2D eigenvalue weighted by atomic mass is 16.5. The molecule has 1 aliphatic heterocycles. The highest BCUT2D eigenvalue weighted by molar-refractivity contribution is 5.63. The molecule has 0 saturated carbocycles. The lowest BCUT2D eigenvalue weighted by molar-refractivity contribution is -0.111. The van der Waals surface area contributed by atoms with Gasteiger partial charge >= 0.3 is 0 Å². The van der Waals surface area contributed by atoms with Crippen molar-refractivity contribution in [2.45, 2.75) is 44.9 Å². The van der Waals surface area contributed by atoms with Crippen LogP contribution in [0.15, 0.2) is 48.5 Å². The van der Waals surface area contributed by atoms with Gasteiger partial charge in [-0.2, -0.15) is 0 Å². The molecule has 0 saturated heterocycles. The Balaban J connectivity index is 1.91. The monoisotopic (exact) mass is 308 g/mol. The van der Waals surface area contributed by atoms with Gasteiger partial charge in [0.15, 0.2) is 0 Å². The average Bonchev–Trinajstić information content (AvgIpc) is 2.60. The molecule has 0 aliphatic carbocycles. The summed E-state index contributed by atoms with van der Waals surface area (Å²) in [7, 11) is 0. The van der Waals surface area contributed by atoms with Crippen LogP contribution in [-0.2, 0) is 4.79 Å². The van der Waals surface area contributed by atoms with Crippen molar-refractivity contribution in [2.24, 2.45) is 5.92 Å². The van der Waals surface area contributed by atoms with E-state index in [1.54, 1.807) is 0 Å². The number of aldehydes is 1. The largest absolute Gasteiger partial charge is 0.457 e. The van der Waals surface area contributed by atoms with Gasteiger partial charge in [0.2, 0.25) is 0 Å². The van der Waals surface area contributed by atoms with Crippen LogP contribution in [0, 0.1) is 5.92 Å². The zero-order chi connectivity index (χ0) is 16.1. The Morgan fingerprint density at radius 3 is 2.13 bits per heavy atom. The highest BCUT2D eigenvalue weighted by Crippen LogP contribution is 2.47. The minimum Gasteiger partial charge on any atom is -0.457 e. The van der Waals surface area contributed by atoms with Crippen LogP contribution in [0.4, 0.5) is 0 Å². The Morgan fingerprint density at radius 1 is 0.957 bits per heavy atom. The maximum absolute atomic E-state index is 11.8. The molecule has 0 bridgehead atoms. The second-order valence-corrected chi connectivity index (χ2v) is 6.30. The summed E-state index contributed by atoms with van der Waals surface area (Å²) in [6, 6.07) is 16.2. The lowest BCUT2D eigenvalue weighted by Crippen LogP contribution is -2.20. The second-order valence-electron chi connectivity index (χ2n) is 6.30. The molecule has 0 amide bonds. The third-order valence-corrected chi connectivity index (χ3v) is 4.72. The van der Waals surface area contributed by atoms with Crippen LogP contribution in [-0.4, -0.2) is 6.29 Å². The third kappa shape index (κ3) is 3.31. The zero-order valence-corrected chi connectivity index (χ0v) is 13.7. The molecule has 1 unspecified atom stereocenters. The summed E-state index contributed by atoms with van der Waals surface area (Å²) in [5, 5.41) is 0. The van der Waals surface area contributed by atoms with Gasteiger partial charge in [-0.1, -0.05) is 69.0 Å². The Hall–Kier alpha value is -2.09. The van der Waals surface area contributed by atoms with Crippen LogP contribution < -0.4 is 4.74 Å². The van der Waals surface area contributed by atoms with E-state index in [0.29, 0.717) is 0 Å². The van der Waals surface area contributed by atoms with Crippen LogP contribution in [0.3, 0.4) is 0 Å². The summed E-state index contributed by atoms with van der Waals surface area (Å²) in [5.74, 6) is 1.89. The molecule has 2 nitrogen and oxygen atoms in total. The van der Waals surface area contributed by atoms with E-state index in [9.17, 15) is 4.79 Å². The topological polar surface area (TPSA) is 26.3 Å². The van der Waals surface area contributed by atoms with Crippen LogP contribution in [0.25, 0.3) is 0 Å². The Kier molecular flexibility index (Phi) is 5.12. The molecule has 0 fully saturated rings. The number of ether oxygens (including phenoxy) is 1. The molecular formula is C21H24O2. The second kappa shape index (κ2) is 7.45. The van der Waals surface area contributed by atoms with Crippen molar-refractivity contribution >= 4 is 6.29 Å². The van der Waals surface area contributed by atoms with Crippen molar-refractivity contribution in [3.05, 3.63) is 59.7 Å². The molecule has 2 heteroatoms. The van der Waals surface area contributed by atoms with E-state index in [0.717, 1.165) is 41.8 Å². The summed E-state index contributed by atoms with van der Waals surface area (Å²) < 4.78 is 6.03. The Bertz CT molecular complexity index is 617. The van der Waals surface area contributed by atoms with Crippen molar-refractivity contribution in [2.75, 3.05) is 0 Å². The van der Waals surface area contributed by atoms with E-state index < -0.39 is 0 Å². The zero-order valence-electron chi connectivity index (χ0n) is 13.7. The average molecular weight is 308 g/mol. The molecule has 0 N–H and O–H groups in total. The van der Waals surface area contributed by atoms with Crippen molar-refractivity contribution in [1.29, 1.82) is 0 Å². The fourth-order valence-corrected chi connectivity index (χ4v) is 3.53. The van der Waals surface area contributed by atoms with Gasteiger partial charge in [0.25, 0.3) is 0 Å². The number of carbonyl (C=O) groups is 1. The Labute approximate surface area is 138 Å². The molecule has 2 aromatic rings. The minimum absolute atomic E-state index is 0.0121. The summed E-state index contributed by atoms with van der Waals surface area (Å²) in [6.07, 6.45) is 6.86. The van der Waals surface area contributed by atoms with Gasteiger partial charge in [-0.3, -0.25) is 0 Å². The van der Waals surface area contributed by atoms with E-state index in [2.05, 4.69) is 19.1 Å². The number of benzene rings is 2. The fraction of sp³-hybridized carbons (Fsp3) is 0.381. The maximum atomic E-state index is 11.8. The number of fused-ring (bicyclic) bond motifs is 2. The number of carbonyl (C=O) groups excluding carboxylic acids is 1. The van der Waals surface area contributed by atoms with Crippen molar-refractivity contribution in [3.8, 4) is 11.5 Å². The van der Waals surface area contributed by atoms with E-state index in [4.69, 9.17) is 4.74 Å². The number of rotatable bonds is 7. The van der Waals surface area contributed by atoms with Crippen LogP contribution in [0.2, 0.25) is 0 Å². The van der Waals surface area contributed by atoms with Gasteiger partial charge in [-0.15, -0.1) is 0 Å². The summed E-state index contributed by atoms with van der Waals surface area (Å²) in [5.41, 5.74) is 2.28. The first-order valence-corrected chi connectivity index (χ1v) is 8.66. The quantitative estimate of drug-likeness (QED) is 0.484. The SMILES string of the molecule is CCCCCCC(C=O)C1c2ccccc2Oc2ccccc21. The first kappa shape index (κ1) is 15.8. The number of hydrogen-bond acceptors (Lipinski definition) is 2. The van der Waals surface area contributed by atoms with E-state index in [-0.39, 0.29) is 11.8 Å². The number of unbranched alkanes of at least 4 members (excludes halogenated alkanes) is 3. The lowest BCUT2D eigenvalue weighted by atomic mass is 9.77. The Morgan fingerprint density at radius 2 is 1.57 bits per heavy atom. The number of para-hydroxylation sites is 2. The van der Waals surface area contributed by atoms with Gasteiger partial charge in [0.1, 0.15) is 17.8 Å². The van der Waals surface area contributed by atoms with E-state index in [1.807, 2.05) is 36.4 Å². The van der Waals surface area contributed by atoms with E-state index in [1.165, 1.54) is 19.3 Å². The van der Waals surface area contributed by atoms with Gasteiger partial charge in [-0.25, -0.2) is 0 Å². The molecule has 2 aromatic carbocycles. The molecule has 3 rings (SSSR count). The molecule has 0 radical (unpaired) electrons. The van der Waals surface area contributed by atoms with E-state index >= 15 is 0 Å². The lowest BCUT2D eigenvalue weighted by Gasteiger charge is -2.31. The molecule has 1 aliphatic rings. The molecule has 1 heterocycles. The number of hydrogen-bond donors (Lipinski definition) is 0. The third-order valence-electron chi connectivity index (χ3n) is 4.72. The smallest absolute Gasteiger partial charge is 0.131 e. The van der Waals surface area contributed by atoms with Crippen molar-refractivity contribution < 1.29 is 9.53 Å². The maximum Gasteiger partial charge on any atom is 0.131 e. The van der Waals surface area contributed by atoms with Gasteiger partial charge < -0.3 is 9.53 Å². The molecule has 0 aromatic heterocycles.